The van der Waals surface area contributed by atoms with Crippen molar-refractivity contribution in [2.45, 2.75) is 44.6 Å². The molecule has 0 amide bonds. The molecule has 0 spiro atoms. The zero-order valence-electron chi connectivity index (χ0n) is 9.50. The molecule has 0 atom stereocenters. The Balaban J connectivity index is 1.98. The summed E-state index contributed by atoms with van der Waals surface area (Å²) < 4.78 is 0. The number of aryl methyl sites for hydroxylation is 1. The van der Waals surface area contributed by atoms with Crippen LogP contribution in [0.15, 0.2) is 24.3 Å². The maximum atomic E-state index is 3.64. The van der Waals surface area contributed by atoms with Gasteiger partial charge in [-0.1, -0.05) is 48.7 Å². The van der Waals surface area contributed by atoms with Gasteiger partial charge < -0.3 is 0 Å². The van der Waals surface area contributed by atoms with Crippen LogP contribution in [0.3, 0.4) is 0 Å². The molecule has 0 saturated heterocycles. The molecule has 15 heavy (non-hydrogen) atoms. The lowest BCUT2D eigenvalue weighted by Crippen LogP contribution is -2.12. The van der Waals surface area contributed by atoms with Crippen LogP contribution in [0.5, 0.6) is 0 Å². The van der Waals surface area contributed by atoms with Crippen molar-refractivity contribution in [2.75, 3.05) is 0 Å². The van der Waals surface area contributed by atoms with Gasteiger partial charge in [0.25, 0.3) is 0 Å². The van der Waals surface area contributed by atoms with Crippen LogP contribution in [0, 0.1) is 12.8 Å². The van der Waals surface area contributed by atoms with Gasteiger partial charge >= 0.3 is 0 Å². The van der Waals surface area contributed by atoms with E-state index in [2.05, 4.69) is 41.4 Å². The molecular weight excluding hydrogens is 196 g/mol. The molecular formula is C14H19Si. The maximum Gasteiger partial charge on any atom is 0.0225 e. The minimum atomic E-state index is 0.820. The van der Waals surface area contributed by atoms with Gasteiger partial charge in [-0.2, -0.15) is 0 Å². The van der Waals surface area contributed by atoms with Crippen molar-refractivity contribution in [1.29, 1.82) is 0 Å². The highest BCUT2D eigenvalue weighted by molar-refractivity contribution is 6.08. The van der Waals surface area contributed by atoms with Gasteiger partial charge in [0.1, 0.15) is 0 Å². The predicted molar refractivity (Wildman–Crippen MR) is 66.4 cm³/mol. The van der Waals surface area contributed by atoms with E-state index < -0.39 is 0 Å². The van der Waals surface area contributed by atoms with Crippen molar-refractivity contribution in [3.8, 4) is 0 Å². The molecule has 0 heterocycles. The quantitative estimate of drug-likeness (QED) is 0.657. The Morgan fingerprint density at radius 2 is 1.67 bits per heavy atom. The first kappa shape index (κ1) is 10.9. The van der Waals surface area contributed by atoms with Crippen molar-refractivity contribution < 1.29 is 0 Å². The summed E-state index contributed by atoms with van der Waals surface area (Å²) in [6.07, 6.45) is 5.53. The second-order valence-corrected chi connectivity index (χ2v) is 5.24. The molecule has 0 unspecified atom stereocenters. The van der Waals surface area contributed by atoms with Crippen LogP contribution in [-0.4, -0.2) is 10.2 Å². The Morgan fingerprint density at radius 1 is 1.07 bits per heavy atom. The van der Waals surface area contributed by atoms with E-state index in [1.165, 1.54) is 37.3 Å². The van der Waals surface area contributed by atoms with Crippen molar-refractivity contribution in [2.24, 2.45) is 5.92 Å². The Kier molecular flexibility index (Phi) is 3.63. The summed E-state index contributed by atoms with van der Waals surface area (Å²) in [5.41, 5.74) is 2.92. The lowest BCUT2D eigenvalue weighted by Gasteiger charge is -2.28. The van der Waals surface area contributed by atoms with Crippen LogP contribution in [0.25, 0.3) is 0 Å². The number of hydrogen-bond donors (Lipinski definition) is 0. The second kappa shape index (κ2) is 4.98. The first-order valence-electron chi connectivity index (χ1n) is 6.00. The van der Waals surface area contributed by atoms with Crippen LogP contribution >= 0.6 is 0 Å². The maximum absolute atomic E-state index is 3.64. The molecule has 1 aromatic carbocycles. The Morgan fingerprint density at radius 3 is 2.20 bits per heavy atom. The minimum Gasteiger partial charge on any atom is -0.0609 e. The van der Waals surface area contributed by atoms with Gasteiger partial charge in [0.05, 0.1) is 0 Å². The normalized spacial score (nSPS) is 26.5. The average molecular weight is 215 g/mol. The Hall–Kier alpha value is -0.563. The summed E-state index contributed by atoms with van der Waals surface area (Å²) in [4.78, 5) is 0. The Bertz CT molecular complexity index is 294. The SMILES string of the molecule is Cc1ccc(C2CCC(C[Si])CC2)cc1. The van der Waals surface area contributed by atoms with E-state index >= 15 is 0 Å². The summed E-state index contributed by atoms with van der Waals surface area (Å²) in [5, 5.41) is 0. The van der Waals surface area contributed by atoms with E-state index in [1.807, 2.05) is 0 Å². The van der Waals surface area contributed by atoms with Crippen LogP contribution in [-0.2, 0) is 0 Å². The smallest absolute Gasteiger partial charge is 0.0225 e. The fraction of sp³-hybridized carbons (Fsp3) is 0.571. The highest BCUT2D eigenvalue weighted by Crippen LogP contribution is 2.36. The molecule has 1 aliphatic rings. The van der Waals surface area contributed by atoms with E-state index in [0.717, 1.165) is 11.8 Å². The summed E-state index contributed by atoms with van der Waals surface area (Å²) in [6, 6.07) is 10.3. The van der Waals surface area contributed by atoms with Gasteiger partial charge in [-0.25, -0.2) is 0 Å². The molecule has 0 bridgehead atoms. The van der Waals surface area contributed by atoms with E-state index in [4.69, 9.17) is 0 Å². The van der Waals surface area contributed by atoms with Gasteiger partial charge in [0.2, 0.25) is 0 Å². The summed E-state index contributed by atoms with van der Waals surface area (Å²) in [6.45, 7) is 2.16. The first-order chi connectivity index (χ1) is 7.29. The van der Waals surface area contributed by atoms with Gasteiger partial charge in [0, 0.05) is 10.2 Å². The van der Waals surface area contributed by atoms with E-state index in [9.17, 15) is 0 Å². The molecule has 1 saturated carbocycles. The molecule has 3 radical (unpaired) electrons. The molecule has 1 aromatic rings. The molecule has 0 nitrogen and oxygen atoms in total. The number of rotatable bonds is 2. The molecule has 1 fully saturated rings. The zero-order chi connectivity index (χ0) is 10.7. The lowest BCUT2D eigenvalue weighted by molar-refractivity contribution is 0.348. The molecule has 0 N–H and O–H groups in total. The van der Waals surface area contributed by atoms with E-state index in [1.54, 1.807) is 5.56 Å². The predicted octanol–water partition coefficient (Wildman–Crippen LogP) is 3.86. The van der Waals surface area contributed by atoms with E-state index in [-0.39, 0.29) is 0 Å². The summed E-state index contributed by atoms with van der Waals surface area (Å²) in [5.74, 6) is 1.74. The third kappa shape index (κ3) is 2.72. The van der Waals surface area contributed by atoms with Gasteiger partial charge in [0.15, 0.2) is 0 Å². The zero-order valence-corrected chi connectivity index (χ0v) is 10.5. The Labute approximate surface area is 96.5 Å². The van der Waals surface area contributed by atoms with Gasteiger partial charge in [-0.05, 0) is 37.2 Å². The average Bonchev–Trinajstić information content (AvgIpc) is 2.30. The second-order valence-electron chi connectivity index (χ2n) is 4.83. The monoisotopic (exact) mass is 215 g/mol. The van der Waals surface area contributed by atoms with Crippen molar-refractivity contribution in [3.63, 3.8) is 0 Å². The van der Waals surface area contributed by atoms with E-state index in [0.29, 0.717) is 0 Å². The number of benzene rings is 1. The van der Waals surface area contributed by atoms with Crippen molar-refractivity contribution in [3.05, 3.63) is 35.4 Å². The number of hydrogen-bond acceptors (Lipinski definition) is 0. The molecule has 0 aliphatic heterocycles. The highest BCUT2D eigenvalue weighted by atomic mass is 28.1. The highest BCUT2D eigenvalue weighted by Gasteiger charge is 2.20. The fourth-order valence-electron chi connectivity index (χ4n) is 2.54. The molecule has 1 heteroatoms. The van der Waals surface area contributed by atoms with Crippen LogP contribution in [0.4, 0.5) is 0 Å². The van der Waals surface area contributed by atoms with Gasteiger partial charge in [-0.3, -0.25) is 0 Å². The van der Waals surface area contributed by atoms with Crippen LogP contribution < -0.4 is 0 Å². The van der Waals surface area contributed by atoms with Crippen molar-refractivity contribution >= 4 is 10.2 Å². The first-order valence-corrected chi connectivity index (χ1v) is 6.71. The third-order valence-electron chi connectivity index (χ3n) is 3.68. The molecule has 79 valence electrons. The van der Waals surface area contributed by atoms with Crippen LogP contribution in [0.1, 0.15) is 42.7 Å². The molecule has 0 aromatic heterocycles. The third-order valence-corrected chi connectivity index (χ3v) is 4.26. The van der Waals surface area contributed by atoms with Crippen LogP contribution in [0.2, 0.25) is 6.04 Å². The summed E-state index contributed by atoms with van der Waals surface area (Å²) >= 11 is 0. The minimum absolute atomic E-state index is 0.820. The standard InChI is InChI=1S/C14H19Si/c1-11-2-6-13(7-3-11)14-8-4-12(10-15)5-9-14/h2-3,6-7,12,14H,4-5,8-10H2,1H3. The van der Waals surface area contributed by atoms with Crippen molar-refractivity contribution in [1.82, 2.24) is 0 Å². The summed E-state index contributed by atoms with van der Waals surface area (Å²) in [7, 11) is 3.64. The topological polar surface area (TPSA) is 0 Å². The molecule has 1 aliphatic carbocycles. The lowest BCUT2D eigenvalue weighted by atomic mass is 9.79. The largest absolute Gasteiger partial charge is 0.0609 e. The van der Waals surface area contributed by atoms with Gasteiger partial charge in [-0.15, -0.1) is 0 Å². The molecule has 2 rings (SSSR count). The fourth-order valence-corrected chi connectivity index (χ4v) is 2.95.